The number of nitrogens with two attached hydrogens (primary N) is 5. The molecule has 0 heterocycles. The zero-order valence-electron chi connectivity index (χ0n) is 63.6. The standard InChI is InChI=1S/C60H107N35O22/c61-31(7-3-12-71-57(62)63)50(110)82-20-41(101)75-17-38(98)78-24-45(105)89-34(11-6-15-74-60(68)69)53(113)86-28-49(109)90-33(10-5-14-73-59(66)67)52(112)84-22-44(104)81-25-46(106)88-32(9-4-13-72-58(64)65)51(111)83-21-42(102)76-18-39(99)79-26-47(107)91-36(29-96)54(114)85-23-43(103)77-19-40(100)80-27-48(108)92-37(30-97)55(115)93-35(56(116)117)8-1-2-16-87-95-94-70/h31-37,87,96-97H,1-30,61H2,(H,75,101)(H,76,102)(H,77,103)(H,78,98)(H,79,99)(H,80,100)(H,81,104)(H,82,110)(H,83,111)(H,84,112)(H,85,114)(H,86,113)(H,88,106)(H,89,105)(H,90,109)(H,91,107)(H,92,108)(H,93,115)(H,116,117)(H4,62,63,71)(H4,64,65,72)(H4,66,67,73)(H4,68,69,74)/t31-,32-,33-,34-,35-,36-,37-/m0/s1. The number of azide groups is 1. The first-order chi connectivity index (χ1) is 55.4. The molecular formula is C60H107N35O22. The van der Waals surface area contributed by atoms with E-state index < -0.39 is 264 Å². The molecule has 57 nitrogen and oxygen atoms in total. The Morgan fingerprint density at radius 1 is 0.291 bits per heavy atom. The summed E-state index contributed by atoms with van der Waals surface area (Å²) in [4.78, 5) is 243. The molecule has 654 valence electrons. The number of aliphatic hydroxyl groups is 2. The molecule has 0 aliphatic rings. The molecule has 40 N–H and O–H groups in total. The first-order valence-corrected chi connectivity index (χ1v) is 35.7. The number of carbonyl (C=O) groups is 19. The minimum Gasteiger partial charge on any atom is -0.480 e. The van der Waals surface area contributed by atoms with Gasteiger partial charge in [0.05, 0.1) is 104 Å². The second-order valence-corrected chi connectivity index (χ2v) is 24.5. The summed E-state index contributed by atoms with van der Waals surface area (Å²) in [7, 11) is 0. The third-order valence-corrected chi connectivity index (χ3v) is 14.9. The Hall–Kier alpha value is -14.0. The number of carboxylic acid groups (broad SMARTS) is 1. The topological polar surface area (TPSA) is 936 Å². The molecule has 0 rings (SSSR count). The van der Waals surface area contributed by atoms with Gasteiger partial charge in [-0.1, -0.05) is 0 Å². The minimum absolute atomic E-state index is 0.0259. The van der Waals surface area contributed by atoms with E-state index in [0.29, 0.717) is 12.8 Å². The molecule has 117 heavy (non-hydrogen) atoms. The van der Waals surface area contributed by atoms with Crippen LogP contribution < -0.4 is 151 Å². The number of hydrogen-bond donors (Lipinski definition) is 35. The third-order valence-electron chi connectivity index (χ3n) is 14.9. The van der Waals surface area contributed by atoms with Gasteiger partial charge < -0.3 is 161 Å². The monoisotopic (exact) mass is 1670 g/mol. The van der Waals surface area contributed by atoms with Gasteiger partial charge in [0.2, 0.25) is 106 Å². The van der Waals surface area contributed by atoms with Crippen LogP contribution in [-0.2, 0) is 91.1 Å². The number of nitrogens with one attached hydrogen (secondary N) is 27. The SMILES string of the molecule is [N-]=[N+]=NNCCCC[C@H](NC(=O)[C@H](CO)NC(=O)CNC(=O)CNC(=O)CNC(=O)[C@H](CO)NC(=O)CNC(=O)CNC(=O)CNC(=O)[C@H](CCCNC(=N)N)NC(=O)CNC(=O)CNC(=O)[C@H](CCCNC(=N)N)NC(=O)CNC(=O)[C@H](CCCNC(=N)N)NC(=O)CNC(=O)CNC(=O)CNC(=O)[C@@H](N)CCCNC(=N)N)C(=O)O. The molecule has 0 aromatic heterocycles. The van der Waals surface area contributed by atoms with Crippen molar-refractivity contribution in [1.82, 2.24) is 122 Å². The quantitative estimate of drug-likeness (QED) is 0.00511. The highest BCUT2D eigenvalue weighted by Gasteiger charge is 2.30. The lowest BCUT2D eigenvalue weighted by Gasteiger charge is -2.21. The summed E-state index contributed by atoms with van der Waals surface area (Å²) in [5.41, 5.74) is 37.7. The number of unbranched alkanes of at least 4 members (excludes halogenated alkanes) is 1. The number of aliphatic hydroxyl groups excluding tert-OH is 2. The molecule has 0 saturated heterocycles. The average molecular weight is 1670 g/mol. The number of amides is 18. The average Bonchev–Trinajstić information content (AvgIpc) is 0.903. The van der Waals surface area contributed by atoms with Crippen molar-refractivity contribution in [3.8, 4) is 0 Å². The first kappa shape index (κ1) is 103. The molecule has 18 amide bonds. The zero-order chi connectivity index (χ0) is 88.2. The molecule has 0 fully saturated rings. The van der Waals surface area contributed by atoms with Crippen molar-refractivity contribution < 1.29 is 106 Å². The summed E-state index contributed by atoms with van der Waals surface area (Å²) in [6.45, 7) is -10.4. The lowest BCUT2D eigenvalue weighted by molar-refractivity contribution is -0.142. The largest absolute Gasteiger partial charge is 0.480 e. The van der Waals surface area contributed by atoms with Crippen LogP contribution in [-0.4, -0.2) is 318 Å². The molecule has 0 bridgehead atoms. The predicted molar refractivity (Wildman–Crippen MR) is 405 cm³/mol. The van der Waals surface area contributed by atoms with Gasteiger partial charge >= 0.3 is 5.97 Å². The van der Waals surface area contributed by atoms with Gasteiger partial charge in [0, 0.05) is 26.2 Å². The van der Waals surface area contributed by atoms with Crippen LogP contribution in [0.15, 0.2) is 5.22 Å². The maximum Gasteiger partial charge on any atom is 0.326 e. The Bertz CT molecular complexity index is 3490. The van der Waals surface area contributed by atoms with E-state index in [2.05, 4.69) is 133 Å². The Kier molecular flexibility index (Phi) is 53.4. The number of guanidine groups is 4. The van der Waals surface area contributed by atoms with Crippen LogP contribution in [0, 0.1) is 21.6 Å². The van der Waals surface area contributed by atoms with Gasteiger partial charge in [-0.25, -0.2) is 4.79 Å². The number of hydrogen-bond acceptors (Lipinski definition) is 27. The molecule has 0 aromatic carbocycles. The van der Waals surface area contributed by atoms with Crippen LogP contribution in [0.2, 0.25) is 0 Å². The molecule has 0 aromatic rings. The van der Waals surface area contributed by atoms with E-state index in [1.54, 1.807) is 0 Å². The van der Waals surface area contributed by atoms with Crippen LogP contribution in [0.5, 0.6) is 0 Å². The molecule has 0 spiro atoms. The van der Waals surface area contributed by atoms with Crippen molar-refractivity contribution in [2.24, 2.45) is 33.9 Å². The van der Waals surface area contributed by atoms with Gasteiger partial charge in [0.25, 0.3) is 0 Å². The van der Waals surface area contributed by atoms with Gasteiger partial charge in [0.15, 0.2) is 23.8 Å². The van der Waals surface area contributed by atoms with Crippen molar-refractivity contribution >= 4 is 136 Å². The second kappa shape index (κ2) is 60.6. The van der Waals surface area contributed by atoms with Crippen LogP contribution in [0.25, 0.3) is 10.4 Å². The van der Waals surface area contributed by atoms with Gasteiger partial charge in [-0.2, -0.15) is 4.91 Å². The lowest BCUT2D eigenvalue weighted by atomic mass is 10.1. The first-order valence-electron chi connectivity index (χ1n) is 35.7. The molecule has 0 saturated carbocycles. The van der Waals surface area contributed by atoms with Crippen LogP contribution >= 0.6 is 0 Å². The summed E-state index contributed by atoms with van der Waals surface area (Å²) < 4.78 is 0. The highest BCUT2D eigenvalue weighted by atomic mass is 16.4. The maximum absolute atomic E-state index is 13.4. The van der Waals surface area contributed by atoms with E-state index in [-0.39, 0.29) is 96.5 Å². The highest BCUT2D eigenvalue weighted by Crippen LogP contribution is 2.04. The fourth-order valence-electron chi connectivity index (χ4n) is 9.00. The second-order valence-electron chi connectivity index (χ2n) is 24.5. The van der Waals surface area contributed by atoms with Crippen molar-refractivity contribution in [2.45, 2.75) is 113 Å². The molecule has 0 unspecified atom stereocenters. The van der Waals surface area contributed by atoms with Gasteiger partial charge in [-0.3, -0.25) is 113 Å². The van der Waals surface area contributed by atoms with Crippen LogP contribution in [0.1, 0.15) is 70.6 Å². The fourth-order valence-corrected chi connectivity index (χ4v) is 9.00. The molecule has 57 heteroatoms. The highest BCUT2D eigenvalue weighted by molar-refractivity contribution is 5.98. The van der Waals surface area contributed by atoms with E-state index in [9.17, 15) is 106 Å². The summed E-state index contributed by atoms with van der Waals surface area (Å²) in [6.07, 6.45) is 1.05. The van der Waals surface area contributed by atoms with E-state index in [1.165, 1.54) is 0 Å². The number of rotatable bonds is 61. The Balaban J connectivity index is 5.36. The Labute approximate surface area is 666 Å². The van der Waals surface area contributed by atoms with Crippen molar-refractivity contribution in [3.05, 3.63) is 10.4 Å². The number of carbonyl (C=O) groups excluding carboxylic acids is 18. The van der Waals surface area contributed by atoms with Crippen molar-refractivity contribution in [1.29, 1.82) is 21.6 Å². The summed E-state index contributed by atoms with van der Waals surface area (Å²) in [5.74, 6) is -19.9. The number of nitrogens with zero attached hydrogens (tertiary/aromatic N) is 3. The van der Waals surface area contributed by atoms with Crippen LogP contribution in [0.3, 0.4) is 0 Å². The van der Waals surface area contributed by atoms with E-state index in [0.717, 1.165) is 0 Å². The maximum atomic E-state index is 13.4. The van der Waals surface area contributed by atoms with E-state index in [4.69, 9.17) is 55.8 Å². The van der Waals surface area contributed by atoms with Gasteiger partial charge in [-0.15, -0.1) is 5.53 Å². The summed E-state index contributed by atoms with van der Waals surface area (Å²) >= 11 is 0. The Morgan fingerprint density at radius 2 is 0.530 bits per heavy atom. The van der Waals surface area contributed by atoms with E-state index >= 15 is 0 Å². The Morgan fingerprint density at radius 3 is 0.812 bits per heavy atom. The van der Waals surface area contributed by atoms with E-state index in [1.807, 2.05) is 0 Å². The van der Waals surface area contributed by atoms with Gasteiger partial charge in [0.1, 0.15) is 36.3 Å². The normalized spacial score (nSPS) is 12.1. The number of aliphatic carboxylic acids is 1. The smallest absolute Gasteiger partial charge is 0.326 e. The van der Waals surface area contributed by atoms with Crippen LogP contribution in [0.4, 0.5) is 0 Å². The van der Waals surface area contributed by atoms with Crippen molar-refractivity contribution in [2.75, 3.05) is 124 Å². The summed E-state index contributed by atoms with van der Waals surface area (Å²) in [5, 5.41) is 111. The zero-order valence-corrected chi connectivity index (χ0v) is 63.6. The van der Waals surface area contributed by atoms with Gasteiger partial charge in [-0.05, 0) is 75.9 Å². The molecule has 7 atom stereocenters. The summed E-state index contributed by atoms with van der Waals surface area (Å²) in [6, 6.07) is -9.91. The predicted octanol–water partition coefficient (Wildman–Crippen LogP) is -18.3. The fraction of sp³-hybridized carbons (Fsp3) is 0.617. The molecular weight excluding hydrogens is 1560 g/mol. The minimum atomic E-state index is -1.69. The molecule has 0 radical (unpaired) electrons. The number of carboxylic acids is 1. The lowest BCUT2D eigenvalue weighted by Crippen LogP contribution is -2.55. The third kappa shape index (κ3) is 53.6. The molecule has 0 aliphatic carbocycles. The molecule has 0 aliphatic heterocycles. The van der Waals surface area contributed by atoms with Crippen molar-refractivity contribution in [3.63, 3.8) is 0 Å².